The summed E-state index contributed by atoms with van der Waals surface area (Å²) in [7, 11) is 0. The van der Waals surface area contributed by atoms with Gasteiger partial charge in [0.15, 0.2) is 0 Å². The number of rotatable bonds is 5. The van der Waals surface area contributed by atoms with Gasteiger partial charge in [0.05, 0.1) is 5.60 Å². The molecular formula is C13H28O. The van der Waals surface area contributed by atoms with Crippen LogP contribution in [0.15, 0.2) is 0 Å². The minimum absolute atomic E-state index is 0.00785. The molecule has 0 amide bonds. The maximum Gasteiger partial charge on any atom is 0.0598 e. The van der Waals surface area contributed by atoms with E-state index in [1.807, 2.05) is 0 Å². The summed E-state index contributed by atoms with van der Waals surface area (Å²) in [6.07, 6.45) is 2.43. The molecule has 1 heteroatoms. The Hall–Kier alpha value is -0.0400. The van der Waals surface area contributed by atoms with E-state index < -0.39 is 0 Å². The van der Waals surface area contributed by atoms with Gasteiger partial charge in [-0.05, 0) is 44.9 Å². The van der Waals surface area contributed by atoms with Gasteiger partial charge in [-0.25, -0.2) is 0 Å². The standard InChI is InChI=1S/C13H28O/c1-11(2)10-13(6,7)8-9-14-12(3,4)5/h11H,8-10H2,1-7H3. The van der Waals surface area contributed by atoms with E-state index in [1.54, 1.807) is 0 Å². The van der Waals surface area contributed by atoms with Crippen molar-refractivity contribution in [2.75, 3.05) is 6.61 Å². The van der Waals surface area contributed by atoms with Crippen molar-refractivity contribution in [3.8, 4) is 0 Å². The van der Waals surface area contributed by atoms with E-state index in [0.717, 1.165) is 18.9 Å². The Bertz CT molecular complexity index is 151. The zero-order valence-corrected chi connectivity index (χ0v) is 11.1. The summed E-state index contributed by atoms with van der Waals surface area (Å²) in [6.45, 7) is 16.5. The highest BCUT2D eigenvalue weighted by Crippen LogP contribution is 2.29. The molecule has 0 bridgehead atoms. The van der Waals surface area contributed by atoms with Crippen LogP contribution in [0.4, 0.5) is 0 Å². The predicted molar refractivity (Wildman–Crippen MR) is 63.6 cm³/mol. The molecule has 0 unspecified atom stereocenters. The van der Waals surface area contributed by atoms with E-state index >= 15 is 0 Å². The Morgan fingerprint density at radius 1 is 1.00 bits per heavy atom. The van der Waals surface area contributed by atoms with E-state index in [-0.39, 0.29) is 5.60 Å². The van der Waals surface area contributed by atoms with Crippen molar-refractivity contribution in [1.82, 2.24) is 0 Å². The summed E-state index contributed by atoms with van der Waals surface area (Å²) in [5, 5.41) is 0. The molecule has 0 saturated heterocycles. The first-order valence-corrected chi connectivity index (χ1v) is 5.76. The number of hydrogen-bond donors (Lipinski definition) is 0. The molecule has 0 radical (unpaired) electrons. The summed E-state index contributed by atoms with van der Waals surface area (Å²) < 4.78 is 5.75. The maximum absolute atomic E-state index is 5.75. The van der Waals surface area contributed by atoms with Crippen LogP contribution in [-0.4, -0.2) is 12.2 Å². The first-order chi connectivity index (χ1) is 6.12. The molecule has 0 aliphatic carbocycles. The molecule has 1 nitrogen and oxygen atoms in total. The van der Waals surface area contributed by atoms with E-state index in [0.29, 0.717) is 5.41 Å². The molecule has 0 atom stereocenters. The molecule has 0 aromatic carbocycles. The SMILES string of the molecule is CC(C)CC(C)(C)CCOC(C)(C)C. The van der Waals surface area contributed by atoms with Gasteiger partial charge < -0.3 is 4.74 Å². The lowest BCUT2D eigenvalue weighted by atomic mass is 9.81. The Balaban J connectivity index is 3.76. The highest BCUT2D eigenvalue weighted by atomic mass is 16.5. The van der Waals surface area contributed by atoms with Crippen LogP contribution in [0.1, 0.15) is 61.3 Å². The topological polar surface area (TPSA) is 9.23 Å². The van der Waals surface area contributed by atoms with Gasteiger partial charge in [-0.2, -0.15) is 0 Å². The molecule has 0 aromatic heterocycles. The normalized spacial score (nSPS) is 13.7. The smallest absolute Gasteiger partial charge is 0.0598 e. The molecule has 0 fully saturated rings. The number of hydrogen-bond acceptors (Lipinski definition) is 1. The molecule has 0 heterocycles. The Morgan fingerprint density at radius 2 is 1.50 bits per heavy atom. The van der Waals surface area contributed by atoms with Crippen molar-refractivity contribution in [1.29, 1.82) is 0 Å². The van der Waals surface area contributed by atoms with Gasteiger partial charge in [0, 0.05) is 6.61 Å². The average molecular weight is 200 g/mol. The number of ether oxygens (including phenoxy) is 1. The highest BCUT2D eigenvalue weighted by Gasteiger charge is 2.20. The summed E-state index contributed by atoms with van der Waals surface area (Å²) in [6, 6.07) is 0. The molecular weight excluding hydrogens is 172 g/mol. The van der Waals surface area contributed by atoms with Crippen molar-refractivity contribution in [2.24, 2.45) is 11.3 Å². The van der Waals surface area contributed by atoms with E-state index in [1.165, 1.54) is 6.42 Å². The third-order valence-corrected chi connectivity index (χ3v) is 2.27. The van der Waals surface area contributed by atoms with Crippen molar-refractivity contribution >= 4 is 0 Å². The fourth-order valence-electron chi connectivity index (χ4n) is 1.84. The van der Waals surface area contributed by atoms with Crippen LogP contribution in [0.2, 0.25) is 0 Å². The zero-order chi connectivity index (χ0) is 11.4. The molecule has 0 rings (SSSR count). The van der Waals surface area contributed by atoms with E-state index in [2.05, 4.69) is 48.5 Å². The Morgan fingerprint density at radius 3 is 1.86 bits per heavy atom. The first kappa shape index (κ1) is 14.0. The van der Waals surface area contributed by atoms with Crippen LogP contribution in [0.25, 0.3) is 0 Å². The van der Waals surface area contributed by atoms with E-state index in [9.17, 15) is 0 Å². The van der Waals surface area contributed by atoms with Gasteiger partial charge in [-0.15, -0.1) is 0 Å². The molecule has 0 N–H and O–H groups in total. The molecule has 0 saturated carbocycles. The van der Waals surface area contributed by atoms with Crippen molar-refractivity contribution < 1.29 is 4.74 Å². The van der Waals surface area contributed by atoms with Gasteiger partial charge in [0.2, 0.25) is 0 Å². The average Bonchev–Trinajstić information content (AvgIpc) is 1.78. The van der Waals surface area contributed by atoms with Crippen LogP contribution in [-0.2, 0) is 4.74 Å². The lowest BCUT2D eigenvalue weighted by molar-refractivity contribution is -0.0171. The van der Waals surface area contributed by atoms with Crippen LogP contribution in [0.5, 0.6) is 0 Å². The predicted octanol–water partition coefficient (Wildman–Crippen LogP) is 4.26. The zero-order valence-electron chi connectivity index (χ0n) is 11.1. The van der Waals surface area contributed by atoms with Crippen LogP contribution < -0.4 is 0 Å². The molecule has 0 spiro atoms. The molecule has 0 aliphatic rings. The maximum atomic E-state index is 5.75. The monoisotopic (exact) mass is 200 g/mol. The van der Waals surface area contributed by atoms with Gasteiger partial charge in [0.1, 0.15) is 0 Å². The van der Waals surface area contributed by atoms with Crippen molar-refractivity contribution in [3.63, 3.8) is 0 Å². The minimum atomic E-state index is 0.00785. The second kappa shape index (κ2) is 5.16. The largest absolute Gasteiger partial charge is 0.376 e. The van der Waals surface area contributed by atoms with Crippen molar-refractivity contribution in [3.05, 3.63) is 0 Å². The molecule has 86 valence electrons. The minimum Gasteiger partial charge on any atom is -0.376 e. The molecule has 14 heavy (non-hydrogen) atoms. The van der Waals surface area contributed by atoms with Crippen LogP contribution >= 0.6 is 0 Å². The van der Waals surface area contributed by atoms with E-state index in [4.69, 9.17) is 4.74 Å². The van der Waals surface area contributed by atoms with Gasteiger partial charge in [-0.3, -0.25) is 0 Å². The van der Waals surface area contributed by atoms with Crippen LogP contribution in [0.3, 0.4) is 0 Å². The summed E-state index contributed by atoms with van der Waals surface area (Å²) in [5.74, 6) is 0.777. The van der Waals surface area contributed by atoms with Crippen LogP contribution in [0, 0.1) is 11.3 Å². The third-order valence-electron chi connectivity index (χ3n) is 2.27. The first-order valence-electron chi connectivity index (χ1n) is 5.76. The molecule has 0 aliphatic heterocycles. The van der Waals surface area contributed by atoms with Gasteiger partial charge >= 0.3 is 0 Å². The van der Waals surface area contributed by atoms with Gasteiger partial charge in [0.25, 0.3) is 0 Å². The van der Waals surface area contributed by atoms with Gasteiger partial charge in [-0.1, -0.05) is 27.7 Å². The summed E-state index contributed by atoms with van der Waals surface area (Å²) >= 11 is 0. The Labute approximate surface area is 90.2 Å². The summed E-state index contributed by atoms with van der Waals surface area (Å²) in [5.41, 5.74) is 0.424. The lowest BCUT2D eigenvalue weighted by Gasteiger charge is -2.28. The lowest BCUT2D eigenvalue weighted by Crippen LogP contribution is -2.24. The highest BCUT2D eigenvalue weighted by molar-refractivity contribution is 4.71. The second-order valence-electron chi connectivity index (χ2n) is 6.47. The fraction of sp³-hybridized carbons (Fsp3) is 1.00. The summed E-state index contributed by atoms with van der Waals surface area (Å²) in [4.78, 5) is 0. The quantitative estimate of drug-likeness (QED) is 0.644. The third kappa shape index (κ3) is 8.55. The van der Waals surface area contributed by atoms with Crippen molar-refractivity contribution in [2.45, 2.75) is 66.9 Å². The Kier molecular flexibility index (Phi) is 5.14. The second-order valence-corrected chi connectivity index (χ2v) is 6.47. The fourth-order valence-corrected chi connectivity index (χ4v) is 1.84. The molecule has 0 aromatic rings.